The molecule has 82 valence electrons. The fourth-order valence-electron chi connectivity index (χ4n) is 0.964. The highest BCUT2D eigenvalue weighted by Crippen LogP contribution is 2.24. The molecular formula is C10H10BrClO3. The molecule has 1 unspecified atom stereocenters. The summed E-state index contributed by atoms with van der Waals surface area (Å²) in [6, 6.07) is 5.10. The highest BCUT2D eigenvalue weighted by atomic mass is 79.9. The van der Waals surface area contributed by atoms with Crippen LogP contribution in [0.5, 0.6) is 5.75 Å². The molecule has 0 bridgehead atoms. The van der Waals surface area contributed by atoms with Gasteiger partial charge in [0.1, 0.15) is 5.75 Å². The molecule has 5 heteroatoms. The van der Waals surface area contributed by atoms with Crippen molar-refractivity contribution in [3.05, 3.63) is 28.8 Å². The van der Waals surface area contributed by atoms with Gasteiger partial charge in [-0.25, -0.2) is 4.79 Å². The van der Waals surface area contributed by atoms with Crippen LogP contribution in [0.15, 0.2) is 18.2 Å². The van der Waals surface area contributed by atoms with Gasteiger partial charge >= 0.3 is 5.97 Å². The van der Waals surface area contributed by atoms with Crippen LogP contribution < -0.4 is 4.74 Å². The number of hydrogen-bond donors (Lipinski definition) is 1. The number of benzene rings is 1. The maximum atomic E-state index is 10.5. The molecule has 0 saturated carbocycles. The van der Waals surface area contributed by atoms with Crippen LogP contribution in [-0.4, -0.2) is 17.2 Å². The van der Waals surface area contributed by atoms with Gasteiger partial charge in [0.2, 0.25) is 0 Å². The first-order chi connectivity index (χ1) is 7.04. The SMILES string of the molecule is CC(Oc1ccc(CBr)c(Cl)c1)C(=O)O. The number of carboxylic acid groups (broad SMARTS) is 1. The van der Waals surface area contributed by atoms with E-state index in [1.807, 2.05) is 0 Å². The van der Waals surface area contributed by atoms with Crippen LogP contribution in [0.2, 0.25) is 5.02 Å². The van der Waals surface area contributed by atoms with E-state index >= 15 is 0 Å². The number of halogens is 2. The lowest BCUT2D eigenvalue weighted by molar-refractivity contribution is -0.144. The second-order valence-corrected chi connectivity index (χ2v) is 3.95. The van der Waals surface area contributed by atoms with Crippen molar-refractivity contribution in [3.63, 3.8) is 0 Å². The summed E-state index contributed by atoms with van der Waals surface area (Å²) in [5.41, 5.74) is 0.937. The average Bonchev–Trinajstić information content (AvgIpc) is 2.18. The van der Waals surface area contributed by atoms with Gasteiger partial charge in [0.15, 0.2) is 6.10 Å². The minimum absolute atomic E-state index is 0.458. The zero-order valence-electron chi connectivity index (χ0n) is 8.04. The molecule has 0 aliphatic heterocycles. The molecule has 0 saturated heterocycles. The van der Waals surface area contributed by atoms with E-state index in [4.69, 9.17) is 21.4 Å². The van der Waals surface area contributed by atoms with Gasteiger partial charge in [-0.05, 0) is 24.6 Å². The second kappa shape index (κ2) is 5.37. The molecule has 15 heavy (non-hydrogen) atoms. The summed E-state index contributed by atoms with van der Waals surface area (Å²) >= 11 is 9.22. The van der Waals surface area contributed by atoms with Crippen molar-refractivity contribution >= 4 is 33.5 Å². The van der Waals surface area contributed by atoms with Gasteiger partial charge in [0, 0.05) is 10.4 Å². The van der Waals surface area contributed by atoms with Gasteiger partial charge in [0.25, 0.3) is 0 Å². The van der Waals surface area contributed by atoms with Gasteiger partial charge < -0.3 is 9.84 Å². The number of aliphatic carboxylic acids is 1. The number of hydrogen-bond acceptors (Lipinski definition) is 2. The van der Waals surface area contributed by atoms with Crippen LogP contribution in [-0.2, 0) is 10.1 Å². The third-order valence-corrected chi connectivity index (χ3v) is 2.79. The Morgan fingerprint density at radius 1 is 1.67 bits per heavy atom. The van der Waals surface area contributed by atoms with E-state index in [-0.39, 0.29) is 0 Å². The molecule has 0 heterocycles. The van der Waals surface area contributed by atoms with Gasteiger partial charge in [0.05, 0.1) is 0 Å². The minimum atomic E-state index is -1.00. The first-order valence-electron chi connectivity index (χ1n) is 4.28. The largest absolute Gasteiger partial charge is 0.479 e. The second-order valence-electron chi connectivity index (χ2n) is 2.99. The standard InChI is InChI=1S/C10H10BrClO3/c1-6(10(13)14)15-8-3-2-7(5-11)9(12)4-8/h2-4,6H,5H2,1H3,(H,13,14). The zero-order valence-corrected chi connectivity index (χ0v) is 10.4. The zero-order chi connectivity index (χ0) is 11.4. The van der Waals surface area contributed by atoms with E-state index in [0.717, 1.165) is 5.56 Å². The third-order valence-electron chi connectivity index (χ3n) is 1.83. The van der Waals surface area contributed by atoms with Crippen molar-refractivity contribution in [3.8, 4) is 5.75 Å². The van der Waals surface area contributed by atoms with Crippen molar-refractivity contribution in [2.45, 2.75) is 18.4 Å². The Labute approximate surface area is 101 Å². The van der Waals surface area contributed by atoms with E-state index in [1.54, 1.807) is 18.2 Å². The summed E-state index contributed by atoms with van der Waals surface area (Å²) in [7, 11) is 0. The molecule has 0 radical (unpaired) electrons. The minimum Gasteiger partial charge on any atom is -0.479 e. The fourth-order valence-corrected chi connectivity index (χ4v) is 1.85. The summed E-state index contributed by atoms with van der Waals surface area (Å²) in [6.07, 6.45) is -0.879. The molecule has 0 amide bonds. The maximum Gasteiger partial charge on any atom is 0.344 e. The molecule has 1 atom stereocenters. The van der Waals surface area contributed by atoms with Crippen molar-refractivity contribution in [2.24, 2.45) is 0 Å². The molecule has 0 fully saturated rings. The predicted molar refractivity (Wildman–Crippen MR) is 61.8 cm³/mol. The van der Waals surface area contributed by atoms with Crippen molar-refractivity contribution in [1.82, 2.24) is 0 Å². The summed E-state index contributed by atoms with van der Waals surface area (Å²) < 4.78 is 5.16. The summed E-state index contributed by atoms with van der Waals surface area (Å²) in [4.78, 5) is 10.5. The Balaban J connectivity index is 2.79. The van der Waals surface area contributed by atoms with E-state index in [2.05, 4.69) is 15.9 Å². The Bertz CT molecular complexity index is 368. The predicted octanol–water partition coefficient (Wildman–Crippen LogP) is 3.09. The highest BCUT2D eigenvalue weighted by molar-refractivity contribution is 9.08. The highest BCUT2D eigenvalue weighted by Gasteiger charge is 2.12. The van der Waals surface area contributed by atoms with Crippen LogP contribution in [0.4, 0.5) is 0 Å². The molecule has 1 aromatic carbocycles. The molecule has 0 aliphatic rings. The van der Waals surface area contributed by atoms with Crippen molar-refractivity contribution in [2.75, 3.05) is 0 Å². The lowest BCUT2D eigenvalue weighted by atomic mass is 10.2. The Morgan fingerprint density at radius 3 is 2.80 bits per heavy atom. The van der Waals surface area contributed by atoms with Gasteiger partial charge in [-0.1, -0.05) is 33.6 Å². The summed E-state index contributed by atoms with van der Waals surface area (Å²) in [6.45, 7) is 1.47. The van der Waals surface area contributed by atoms with Gasteiger partial charge in [-0.3, -0.25) is 0 Å². The molecule has 3 nitrogen and oxygen atoms in total. The molecule has 1 aromatic rings. The number of rotatable bonds is 4. The molecule has 0 aromatic heterocycles. The number of carboxylic acids is 1. The topological polar surface area (TPSA) is 46.5 Å². The van der Waals surface area contributed by atoms with Crippen molar-refractivity contribution < 1.29 is 14.6 Å². The van der Waals surface area contributed by atoms with E-state index < -0.39 is 12.1 Å². The molecule has 1 N–H and O–H groups in total. The lowest BCUT2D eigenvalue weighted by Crippen LogP contribution is -2.22. The average molecular weight is 294 g/mol. The van der Waals surface area contributed by atoms with E-state index in [1.165, 1.54) is 6.92 Å². The van der Waals surface area contributed by atoms with Crippen LogP contribution in [0.3, 0.4) is 0 Å². The Hall–Kier alpha value is -0.740. The molecule has 0 spiro atoms. The van der Waals surface area contributed by atoms with Crippen LogP contribution >= 0.6 is 27.5 Å². The normalized spacial score (nSPS) is 12.2. The molecule has 0 aliphatic carbocycles. The van der Waals surface area contributed by atoms with Crippen molar-refractivity contribution in [1.29, 1.82) is 0 Å². The van der Waals surface area contributed by atoms with Gasteiger partial charge in [-0.2, -0.15) is 0 Å². The lowest BCUT2D eigenvalue weighted by Gasteiger charge is -2.11. The van der Waals surface area contributed by atoms with Crippen LogP contribution in [0.25, 0.3) is 0 Å². The van der Waals surface area contributed by atoms with Crippen LogP contribution in [0, 0.1) is 0 Å². The fraction of sp³-hybridized carbons (Fsp3) is 0.300. The molecular weight excluding hydrogens is 283 g/mol. The quantitative estimate of drug-likeness (QED) is 0.868. The number of ether oxygens (including phenoxy) is 1. The maximum absolute atomic E-state index is 10.5. The first kappa shape index (κ1) is 12.3. The van der Waals surface area contributed by atoms with Crippen LogP contribution in [0.1, 0.15) is 12.5 Å². The smallest absolute Gasteiger partial charge is 0.344 e. The van der Waals surface area contributed by atoms with E-state index in [0.29, 0.717) is 16.1 Å². The Kier molecular flexibility index (Phi) is 4.42. The first-order valence-corrected chi connectivity index (χ1v) is 5.78. The summed E-state index contributed by atoms with van der Waals surface area (Å²) in [5, 5.41) is 9.86. The number of alkyl halides is 1. The summed E-state index contributed by atoms with van der Waals surface area (Å²) in [5.74, 6) is -0.546. The van der Waals surface area contributed by atoms with Gasteiger partial charge in [-0.15, -0.1) is 0 Å². The monoisotopic (exact) mass is 292 g/mol. The Morgan fingerprint density at radius 2 is 2.33 bits per heavy atom. The van der Waals surface area contributed by atoms with E-state index in [9.17, 15) is 4.79 Å². The number of carbonyl (C=O) groups is 1. The molecule has 1 rings (SSSR count). The third kappa shape index (κ3) is 3.39.